The average Bonchev–Trinajstić information content (AvgIpc) is 2.66. The van der Waals surface area contributed by atoms with Crippen LogP contribution in [-0.2, 0) is 0 Å². The molecule has 0 saturated heterocycles. The highest BCUT2D eigenvalue weighted by molar-refractivity contribution is 5.85. The molecule has 2 aromatic rings. The zero-order valence-electron chi connectivity index (χ0n) is 16.9. The van der Waals surface area contributed by atoms with Crippen molar-refractivity contribution >= 4 is 24.2 Å². The standard InChI is InChI=1S/C20H25N3O5.ClH/c1-21(2)19(12-13-27-18-7-5-6-16(14-18)23(25)26)15-8-10-17(11-9-15)28-20(24)22(3)4;/h5-11,14,19H,12-13H2,1-4H3;1H. The fourth-order valence-electron chi connectivity index (χ4n) is 2.65. The van der Waals surface area contributed by atoms with Crippen molar-refractivity contribution in [2.24, 2.45) is 0 Å². The fraction of sp³-hybridized carbons (Fsp3) is 0.350. The highest BCUT2D eigenvalue weighted by atomic mass is 35.5. The van der Waals surface area contributed by atoms with E-state index in [4.69, 9.17) is 9.47 Å². The van der Waals surface area contributed by atoms with Gasteiger partial charge >= 0.3 is 6.09 Å². The van der Waals surface area contributed by atoms with Crippen molar-refractivity contribution in [2.45, 2.75) is 12.5 Å². The zero-order chi connectivity index (χ0) is 20.7. The van der Waals surface area contributed by atoms with Crippen molar-refractivity contribution in [1.29, 1.82) is 0 Å². The van der Waals surface area contributed by atoms with Gasteiger partial charge in [0, 0.05) is 32.6 Å². The molecule has 1 atom stereocenters. The number of rotatable bonds is 8. The first kappa shape index (κ1) is 24.2. The molecule has 9 heteroatoms. The van der Waals surface area contributed by atoms with Gasteiger partial charge in [0.05, 0.1) is 17.6 Å². The van der Waals surface area contributed by atoms with Crippen LogP contribution in [0.1, 0.15) is 18.0 Å². The lowest BCUT2D eigenvalue weighted by molar-refractivity contribution is -0.384. The fourth-order valence-corrected chi connectivity index (χ4v) is 2.65. The summed E-state index contributed by atoms with van der Waals surface area (Å²) in [6, 6.07) is 13.6. The van der Waals surface area contributed by atoms with Gasteiger partial charge in [-0.15, -0.1) is 12.4 Å². The monoisotopic (exact) mass is 423 g/mol. The van der Waals surface area contributed by atoms with Crippen LogP contribution in [0.25, 0.3) is 0 Å². The van der Waals surface area contributed by atoms with Gasteiger partial charge in [-0.05, 0) is 37.9 Å². The van der Waals surface area contributed by atoms with Crippen LogP contribution in [-0.4, -0.2) is 55.6 Å². The van der Waals surface area contributed by atoms with Crippen molar-refractivity contribution in [3.8, 4) is 11.5 Å². The summed E-state index contributed by atoms with van der Waals surface area (Å²) in [4.78, 5) is 25.5. The van der Waals surface area contributed by atoms with Crippen molar-refractivity contribution in [3.05, 3.63) is 64.2 Å². The van der Waals surface area contributed by atoms with Crippen LogP contribution in [0.2, 0.25) is 0 Å². The second kappa shape index (κ2) is 11.2. The first-order valence-electron chi connectivity index (χ1n) is 8.80. The normalized spacial score (nSPS) is 11.3. The zero-order valence-corrected chi connectivity index (χ0v) is 17.7. The smallest absolute Gasteiger partial charge is 0.414 e. The predicted molar refractivity (Wildman–Crippen MR) is 113 cm³/mol. The molecule has 8 nitrogen and oxygen atoms in total. The van der Waals surface area contributed by atoms with E-state index in [1.54, 1.807) is 38.4 Å². The molecule has 0 aliphatic rings. The molecule has 1 amide bonds. The van der Waals surface area contributed by atoms with Crippen molar-refractivity contribution in [2.75, 3.05) is 34.8 Å². The average molecular weight is 424 g/mol. The van der Waals surface area contributed by atoms with Gasteiger partial charge < -0.3 is 19.3 Å². The van der Waals surface area contributed by atoms with Gasteiger partial charge in [-0.3, -0.25) is 10.1 Å². The third-order valence-corrected chi connectivity index (χ3v) is 4.15. The molecule has 0 aromatic heterocycles. The summed E-state index contributed by atoms with van der Waals surface area (Å²) in [5.41, 5.74) is 1.06. The number of benzene rings is 2. The molecule has 1 unspecified atom stereocenters. The summed E-state index contributed by atoms with van der Waals surface area (Å²) in [6.07, 6.45) is 0.259. The molecule has 29 heavy (non-hydrogen) atoms. The molecule has 0 fully saturated rings. The molecule has 0 N–H and O–H groups in total. The van der Waals surface area contributed by atoms with Crippen LogP contribution in [0.4, 0.5) is 10.5 Å². The number of hydrogen-bond acceptors (Lipinski definition) is 6. The SMILES string of the molecule is CN(C)C(=O)Oc1ccc(C(CCOc2cccc([N+](=O)[O-])c2)N(C)C)cc1.Cl. The molecule has 0 heterocycles. The van der Waals surface area contributed by atoms with E-state index in [1.165, 1.54) is 17.0 Å². The van der Waals surface area contributed by atoms with E-state index in [1.807, 2.05) is 26.2 Å². The van der Waals surface area contributed by atoms with E-state index in [0.29, 0.717) is 24.5 Å². The number of ether oxygens (including phenoxy) is 2. The molecule has 0 aliphatic heterocycles. The Morgan fingerprint density at radius 3 is 2.28 bits per heavy atom. The van der Waals surface area contributed by atoms with E-state index < -0.39 is 11.0 Å². The van der Waals surface area contributed by atoms with Gasteiger partial charge in [-0.2, -0.15) is 0 Å². The van der Waals surface area contributed by atoms with Gasteiger partial charge in [0.2, 0.25) is 0 Å². The third kappa shape index (κ3) is 7.24. The lowest BCUT2D eigenvalue weighted by atomic mass is 10.0. The Morgan fingerprint density at radius 1 is 1.07 bits per heavy atom. The maximum Gasteiger partial charge on any atom is 0.414 e. The lowest BCUT2D eigenvalue weighted by Crippen LogP contribution is -2.25. The van der Waals surface area contributed by atoms with Crippen LogP contribution in [0, 0.1) is 10.1 Å². The number of non-ortho nitro benzene ring substituents is 1. The minimum Gasteiger partial charge on any atom is -0.493 e. The molecule has 0 radical (unpaired) electrons. The Hall–Kier alpha value is -2.84. The number of nitro groups is 1. The van der Waals surface area contributed by atoms with Gasteiger partial charge in [0.1, 0.15) is 11.5 Å². The van der Waals surface area contributed by atoms with Gasteiger partial charge in [0.25, 0.3) is 5.69 Å². The number of halogens is 1. The minimum atomic E-state index is -0.444. The van der Waals surface area contributed by atoms with Crippen LogP contribution < -0.4 is 9.47 Å². The summed E-state index contributed by atoms with van der Waals surface area (Å²) in [6.45, 7) is 0.404. The van der Waals surface area contributed by atoms with Crippen LogP contribution >= 0.6 is 12.4 Å². The Kier molecular flexibility index (Phi) is 9.37. The van der Waals surface area contributed by atoms with E-state index in [9.17, 15) is 14.9 Å². The minimum absolute atomic E-state index is 0. The Balaban J connectivity index is 0.00000420. The first-order chi connectivity index (χ1) is 13.3. The summed E-state index contributed by atoms with van der Waals surface area (Å²) in [7, 11) is 7.19. The Labute approximate surface area is 176 Å². The van der Waals surface area contributed by atoms with Crippen LogP contribution in [0.3, 0.4) is 0 Å². The highest BCUT2D eigenvalue weighted by Crippen LogP contribution is 2.26. The number of nitro benzene ring substituents is 1. The Morgan fingerprint density at radius 2 is 1.72 bits per heavy atom. The van der Waals surface area contributed by atoms with Gasteiger partial charge in [-0.25, -0.2) is 4.79 Å². The highest BCUT2D eigenvalue weighted by Gasteiger charge is 2.16. The molecule has 158 valence electrons. The maximum absolute atomic E-state index is 11.6. The van der Waals surface area contributed by atoms with Crippen LogP contribution in [0.15, 0.2) is 48.5 Å². The second-order valence-corrected chi connectivity index (χ2v) is 6.70. The number of carbonyl (C=O) groups is 1. The number of nitrogens with zero attached hydrogens (tertiary/aromatic N) is 3. The van der Waals surface area contributed by atoms with Crippen molar-refractivity contribution in [1.82, 2.24) is 9.80 Å². The predicted octanol–water partition coefficient (Wildman–Crippen LogP) is 4.15. The van der Waals surface area contributed by atoms with E-state index in [0.717, 1.165) is 5.56 Å². The second-order valence-electron chi connectivity index (χ2n) is 6.70. The van der Waals surface area contributed by atoms with Gasteiger partial charge in [-0.1, -0.05) is 18.2 Å². The molecule has 0 bridgehead atoms. The largest absolute Gasteiger partial charge is 0.493 e. The summed E-state index contributed by atoms with van der Waals surface area (Å²) in [5, 5.41) is 10.9. The molecular weight excluding hydrogens is 398 g/mol. The molecular formula is C20H26ClN3O5. The third-order valence-electron chi connectivity index (χ3n) is 4.15. The van der Waals surface area contributed by atoms with Crippen molar-refractivity contribution in [3.63, 3.8) is 0 Å². The Bertz CT molecular complexity index is 812. The van der Waals surface area contributed by atoms with E-state index in [2.05, 4.69) is 4.90 Å². The first-order valence-corrected chi connectivity index (χ1v) is 8.80. The quantitative estimate of drug-likeness (QED) is 0.468. The summed E-state index contributed by atoms with van der Waals surface area (Å²) < 4.78 is 10.9. The molecule has 2 aromatic carbocycles. The number of carbonyl (C=O) groups excluding carboxylic acids is 1. The maximum atomic E-state index is 11.6. The topological polar surface area (TPSA) is 85.1 Å². The van der Waals surface area contributed by atoms with Crippen molar-refractivity contribution < 1.29 is 19.2 Å². The molecule has 0 saturated carbocycles. The van der Waals surface area contributed by atoms with Crippen LogP contribution in [0.5, 0.6) is 11.5 Å². The molecule has 2 rings (SSSR count). The summed E-state index contributed by atoms with van der Waals surface area (Å²) in [5.74, 6) is 0.949. The lowest BCUT2D eigenvalue weighted by Gasteiger charge is -2.25. The number of hydrogen-bond donors (Lipinski definition) is 0. The van der Waals surface area contributed by atoms with Gasteiger partial charge in [0.15, 0.2) is 0 Å². The molecule has 0 aliphatic carbocycles. The van der Waals surface area contributed by atoms with E-state index in [-0.39, 0.29) is 24.1 Å². The number of amides is 1. The summed E-state index contributed by atoms with van der Waals surface area (Å²) >= 11 is 0. The van der Waals surface area contributed by atoms with E-state index >= 15 is 0 Å². The molecule has 0 spiro atoms.